The molecule has 0 unspecified atom stereocenters. The first-order valence-electron chi connectivity index (χ1n) is 6.67. The largest absolute Gasteiger partial charge is 0.310 e. The number of hydrogen-bond acceptors (Lipinski definition) is 4. The molecule has 0 amide bonds. The Kier molecular flexibility index (Phi) is 4.76. The van der Waals surface area contributed by atoms with E-state index in [1.54, 1.807) is 0 Å². The average molecular weight is 293 g/mol. The predicted molar refractivity (Wildman–Crippen MR) is 77.4 cm³/mol. The molecule has 6 heteroatoms. The van der Waals surface area contributed by atoms with Crippen LogP contribution in [0.15, 0.2) is 24.3 Å². The number of hydrogen-bond donors (Lipinski definition) is 1. The van der Waals surface area contributed by atoms with Gasteiger partial charge in [0.1, 0.15) is 0 Å². The van der Waals surface area contributed by atoms with Crippen molar-refractivity contribution in [3.8, 4) is 6.07 Å². The van der Waals surface area contributed by atoms with Crippen LogP contribution in [0.4, 0.5) is 0 Å². The van der Waals surface area contributed by atoms with E-state index >= 15 is 0 Å². The van der Waals surface area contributed by atoms with E-state index in [1.807, 2.05) is 24.3 Å². The van der Waals surface area contributed by atoms with Crippen molar-refractivity contribution in [1.29, 1.82) is 5.26 Å². The highest BCUT2D eigenvalue weighted by Crippen LogP contribution is 2.14. The van der Waals surface area contributed by atoms with Gasteiger partial charge in [0.15, 0.2) is 0 Å². The van der Waals surface area contributed by atoms with Crippen LogP contribution in [0, 0.1) is 11.3 Å². The smallest absolute Gasteiger partial charge is 0.211 e. The first-order valence-corrected chi connectivity index (χ1v) is 8.52. The quantitative estimate of drug-likeness (QED) is 0.901. The third-order valence-corrected chi connectivity index (χ3v) is 4.95. The Morgan fingerprint density at radius 2 is 2.00 bits per heavy atom. The number of nitrogens with zero attached hydrogens (tertiary/aromatic N) is 2. The second-order valence-electron chi connectivity index (χ2n) is 5.09. The van der Waals surface area contributed by atoms with E-state index in [9.17, 15) is 8.42 Å². The lowest BCUT2D eigenvalue weighted by Crippen LogP contribution is -2.44. The van der Waals surface area contributed by atoms with Crippen LogP contribution in [0.5, 0.6) is 0 Å². The fraction of sp³-hybridized carbons (Fsp3) is 0.500. The molecule has 1 fully saturated rings. The van der Waals surface area contributed by atoms with Crippen molar-refractivity contribution in [2.45, 2.75) is 25.4 Å². The zero-order valence-corrected chi connectivity index (χ0v) is 12.4. The number of piperidine rings is 1. The molecular formula is C14H19N3O2S. The summed E-state index contributed by atoms with van der Waals surface area (Å²) < 4.78 is 24.4. The Morgan fingerprint density at radius 1 is 1.35 bits per heavy atom. The molecule has 1 aliphatic heterocycles. The van der Waals surface area contributed by atoms with Gasteiger partial charge in [-0.15, -0.1) is 0 Å². The number of sulfonamides is 1. The average Bonchev–Trinajstić information content (AvgIpc) is 2.45. The molecule has 1 saturated heterocycles. The Bertz CT molecular complexity index is 599. The van der Waals surface area contributed by atoms with Gasteiger partial charge < -0.3 is 5.32 Å². The molecule has 1 aliphatic rings. The summed E-state index contributed by atoms with van der Waals surface area (Å²) in [5.74, 6) is 0. The second-order valence-corrected chi connectivity index (χ2v) is 7.07. The molecule has 0 spiro atoms. The molecule has 5 nitrogen and oxygen atoms in total. The lowest BCUT2D eigenvalue weighted by Gasteiger charge is -2.30. The van der Waals surface area contributed by atoms with Gasteiger partial charge in [-0.05, 0) is 24.5 Å². The molecule has 0 aliphatic carbocycles. The molecule has 1 aromatic carbocycles. The van der Waals surface area contributed by atoms with Gasteiger partial charge in [-0.25, -0.2) is 12.7 Å². The highest BCUT2D eigenvalue weighted by Gasteiger charge is 2.24. The Balaban J connectivity index is 1.87. The van der Waals surface area contributed by atoms with Gasteiger partial charge in [0.25, 0.3) is 0 Å². The van der Waals surface area contributed by atoms with Crippen LogP contribution in [-0.4, -0.2) is 38.1 Å². The Morgan fingerprint density at radius 3 is 2.60 bits per heavy atom. The monoisotopic (exact) mass is 293 g/mol. The molecular weight excluding hydrogens is 274 g/mol. The van der Waals surface area contributed by atoms with E-state index in [-0.39, 0.29) is 0 Å². The number of nitrogens with one attached hydrogen (secondary N) is 1. The van der Waals surface area contributed by atoms with Gasteiger partial charge >= 0.3 is 0 Å². The summed E-state index contributed by atoms with van der Waals surface area (Å²) in [6.45, 7) is 1.78. The first-order chi connectivity index (χ1) is 9.50. The standard InChI is InChI=1S/C14H19N3O2S/c1-20(18,19)17-8-6-14(7-9-17)16-11-13-5-3-2-4-12(13)10-15/h2-5,14,16H,6-9,11H2,1H3. The van der Waals surface area contributed by atoms with Crippen molar-refractivity contribution in [2.24, 2.45) is 0 Å². The molecule has 108 valence electrons. The normalized spacial score (nSPS) is 17.8. The highest BCUT2D eigenvalue weighted by molar-refractivity contribution is 7.88. The lowest BCUT2D eigenvalue weighted by molar-refractivity contribution is 0.290. The summed E-state index contributed by atoms with van der Waals surface area (Å²) in [4.78, 5) is 0. The fourth-order valence-electron chi connectivity index (χ4n) is 2.43. The number of benzene rings is 1. The van der Waals surface area contributed by atoms with Crippen LogP contribution < -0.4 is 5.32 Å². The minimum atomic E-state index is -3.06. The Hall–Kier alpha value is -1.42. The molecule has 20 heavy (non-hydrogen) atoms. The molecule has 0 radical (unpaired) electrons. The van der Waals surface area contributed by atoms with Crippen molar-refractivity contribution < 1.29 is 8.42 Å². The third-order valence-electron chi connectivity index (χ3n) is 3.64. The van der Waals surface area contributed by atoms with E-state index in [0.29, 0.717) is 31.2 Å². The summed E-state index contributed by atoms with van der Waals surface area (Å²) in [5.41, 5.74) is 1.68. The van der Waals surface area contributed by atoms with Gasteiger partial charge in [0.2, 0.25) is 10.0 Å². The van der Waals surface area contributed by atoms with E-state index in [0.717, 1.165) is 18.4 Å². The van der Waals surface area contributed by atoms with Gasteiger partial charge in [-0.2, -0.15) is 5.26 Å². The van der Waals surface area contributed by atoms with Crippen LogP contribution in [0.1, 0.15) is 24.0 Å². The molecule has 2 rings (SSSR count). The van der Waals surface area contributed by atoms with Gasteiger partial charge in [-0.1, -0.05) is 18.2 Å². The van der Waals surface area contributed by atoms with Gasteiger partial charge in [0.05, 0.1) is 17.9 Å². The number of nitriles is 1. The summed E-state index contributed by atoms with van der Waals surface area (Å²) >= 11 is 0. The Labute approximate surface area is 120 Å². The molecule has 1 aromatic rings. The summed E-state index contributed by atoms with van der Waals surface area (Å²) in [6.07, 6.45) is 2.87. The summed E-state index contributed by atoms with van der Waals surface area (Å²) in [5, 5.41) is 12.4. The van der Waals surface area contributed by atoms with Crippen molar-refractivity contribution >= 4 is 10.0 Å². The van der Waals surface area contributed by atoms with Crippen molar-refractivity contribution in [3.63, 3.8) is 0 Å². The van der Waals surface area contributed by atoms with E-state index in [2.05, 4.69) is 11.4 Å². The zero-order valence-electron chi connectivity index (χ0n) is 11.5. The van der Waals surface area contributed by atoms with E-state index < -0.39 is 10.0 Å². The first kappa shape index (κ1) is 15.0. The van der Waals surface area contributed by atoms with E-state index in [4.69, 9.17) is 5.26 Å². The topological polar surface area (TPSA) is 73.2 Å². The fourth-order valence-corrected chi connectivity index (χ4v) is 3.30. The van der Waals surface area contributed by atoms with Crippen LogP contribution >= 0.6 is 0 Å². The molecule has 1 N–H and O–H groups in total. The van der Waals surface area contributed by atoms with Crippen LogP contribution in [0.2, 0.25) is 0 Å². The minimum Gasteiger partial charge on any atom is -0.310 e. The van der Waals surface area contributed by atoms with Crippen LogP contribution in [-0.2, 0) is 16.6 Å². The van der Waals surface area contributed by atoms with Gasteiger partial charge in [-0.3, -0.25) is 0 Å². The second kappa shape index (κ2) is 6.35. The van der Waals surface area contributed by atoms with E-state index in [1.165, 1.54) is 10.6 Å². The van der Waals surface area contributed by atoms with Gasteiger partial charge in [0, 0.05) is 25.7 Å². The maximum atomic E-state index is 11.4. The molecule has 0 atom stereocenters. The zero-order chi connectivity index (χ0) is 14.6. The molecule has 1 heterocycles. The summed E-state index contributed by atoms with van der Waals surface area (Å²) in [6, 6.07) is 10.0. The third kappa shape index (κ3) is 3.79. The number of rotatable bonds is 4. The van der Waals surface area contributed by atoms with Crippen molar-refractivity contribution in [2.75, 3.05) is 19.3 Å². The predicted octanol–water partition coefficient (Wildman–Crippen LogP) is 1.07. The summed E-state index contributed by atoms with van der Waals surface area (Å²) in [7, 11) is -3.06. The SMILES string of the molecule is CS(=O)(=O)N1CCC(NCc2ccccc2C#N)CC1. The lowest BCUT2D eigenvalue weighted by atomic mass is 10.0. The molecule has 0 bridgehead atoms. The van der Waals surface area contributed by atoms with Crippen molar-refractivity contribution in [1.82, 2.24) is 9.62 Å². The maximum absolute atomic E-state index is 11.4. The van der Waals surface area contributed by atoms with Crippen molar-refractivity contribution in [3.05, 3.63) is 35.4 Å². The van der Waals surface area contributed by atoms with Crippen LogP contribution in [0.25, 0.3) is 0 Å². The molecule has 0 aromatic heterocycles. The van der Waals surface area contributed by atoms with Crippen LogP contribution in [0.3, 0.4) is 0 Å². The molecule has 0 saturated carbocycles. The minimum absolute atomic E-state index is 0.305. The maximum Gasteiger partial charge on any atom is 0.211 e. The highest BCUT2D eigenvalue weighted by atomic mass is 32.2.